The van der Waals surface area contributed by atoms with Gasteiger partial charge in [0.1, 0.15) is 6.67 Å². The van der Waals surface area contributed by atoms with Gasteiger partial charge in [0.15, 0.2) is 0 Å². The second-order valence-corrected chi connectivity index (χ2v) is 6.09. The molecule has 0 aliphatic rings. The maximum absolute atomic E-state index is 13.0. The van der Waals surface area contributed by atoms with E-state index in [-0.39, 0.29) is 12.4 Å². The number of halogens is 3. The molecule has 0 unspecified atom stereocenters. The molecule has 0 aliphatic carbocycles. The number of rotatable bonds is 6. The van der Waals surface area contributed by atoms with E-state index in [2.05, 4.69) is 5.10 Å². The highest BCUT2D eigenvalue weighted by Gasteiger charge is 2.31. The summed E-state index contributed by atoms with van der Waals surface area (Å²) in [5, 5.41) is 12.8. The molecule has 9 heteroatoms. The van der Waals surface area contributed by atoms with Crippen LogP contribution in [-0.4, -0.2) is 27.4 Å². The molecule has 2 aromatic carbocycles. The first-order valence-corrected chi connectivity index (χ1v) is 8.25. The topological polar surface area (TPSA) is 75.1 Å². The zero-order valence-electron chi connectivity index (χ0n) is 14.6. The van der Waals surface area contributed by atoms with E-state index in [1.807, 2.05) is 6.07 Å². The molecule has 0 fully saturated rings. The Morgan fingerprint density at radius 3 is 2.39 bits per heavy atom. The van der Waals surface area contributed by atoms with Crippen molar-refractivity contribution < 1.29 is 17.6 Å². The van der Waals surface area contributed by atoms with Crippen molar-refractivity contribution in [2.24, 2.45) is 0 Å². The highest BCUT2D eigenvalue weighted by molar-refractivity contribution is 5.51. The van der Waals surface area contributed by atoms with Gasteiger partial charge in [-0.1, -0.05) is 30.3 Å². The molecule has 0 amide bonds. The minimum atomic E-state index is -4.46. The molecule has 0 spiro atoms. The van der Waals surface area contributed by atoms with Gasteiger partial charge in [-0.2, -0.15) is 23.1 Å². The summed E-state index contributed by atoms with van der Waals surface area (Å²) in [6, 6.07) is 16.7. The third-order valence-corrected chi connectivity index (χ3v) is 3.85. The standard InChI is InChI=1S/C19H15F3N4O2/c20-19(21,22)12-25(11-15-8-6-14(10-23)7-9-15)13-26-18(27)28-17(24-26)16-4-2-1-3-5-16/h1-9H,11-13H2. The number of nitrogens with zero attached hydrogens (tertiary/aromatic N) is 4. The van der Waals surface area contributed by atoms with Crippen molar-refractivity contribution in [3.8, 4) is 17.5 Å². The Kier molecular flexibility index (Phi) is 5.61. The molecule has 6 nitrogen and oxygen atoms in total. The molecule has 0 atom stereocenters. The number of hydrogen-bond acceptors (Lipinski definition) is 5. The van der Waals surface area contributed by atoms with Crippen LogP contribution in [0.2, 0.25) is 0 Å². The average Bonchev–Trinajstić information content (AvgIpc) is 3.02. The van der Waals surface area contributed by atoms with Gasteiger partial charge in [-0.25, -0.2) is 4.79 Å². The van der Waals surface area contributed by atoms with E-state index >= 15 is 0 Å². The zero-order valence-corrected chi connectivity index (χ0v) is 14.6. The molecule has 0 bridgehead atoms. The average molecular weight is 388 g/mol. The van der Waals surface area contributed by atoms with Gasteiger partial charge in [-0.15, -0.1) is 5.10 Å². The first-order chi connectivity index (χ1) is 13.3. The van der Waals surface area contributed by atoms with Crippen LogP contribution in [0.1, 0.15) is 11.1 Å². The van der Waals surface area contributed by atoms with Gasteiger partial charge >= 0.3 is 11.9 Å². The predicted octanol–water partition coefficient (Wildman–Crippen LogP) is 3.40. The van der Waals surface area contributed by atoms with Crippen molar-refractivity contribution in [1.82, 2.24) is 14.7 Å². The Labute approximate surface area is 158 Å². The molecule has 0 saturated carbocycles. The van der Waals surface area contributed by atoms with Gasteiger partial charge in [0.05, 0.1) is 18.2 Å². The Morgan fingerprint density at radius 1 is 1.11 bits per heavy atom. The molecule has 3 aromatic rings. The van der Waals surface area contributed by atoms with Gasteiger partial charge in [0.2, 0.25) is 5.89 Å². The molecule has 1 aromatic heterocycles. The number of aromatic nitrogens is 2. The molecule has 3 rings (SSSR count). The van der Waals surface area contributed by atoms with E-state index in [4.69, 9.17) is 9.68 Å². The number of nitriles is 1. The van der Waals surface area contributed by atoms with Crippen molar-refractivity contribution in [2.45, 2.75) is 19.4 Å². The van der Waals surface area contributed by atoms with Gasteiger partial charge in [-0.3, -0.25) is 4.90 Å². The van der Waals surface area contributed by atoms with E-state index in [1.165, 1.54) is 12.1 Å². The SMILES string of the molecule is N#Cc1ccc(CN(Cn2nc(-c3ccccc3)oc2=O)CC(F)(F)F)cc1. The molecule has 144 valence electrons. The Hall–Kier alpha value is -3.38. The summed E-state index contributed by atoms with van der Waals surface area (Å²) in [6.07, 6.45) is -4.46. The maximum Gasteiger partial charge on any atom is 0.438 e. The van der Waals surface area contributed by atoms with Crippen LogP contribution in [0.3, 0.4) is 0 Å². The first-order valence-electron chi connectivity index (χ1n) is 8.25. The quantitative estimate of drug-likeness (QED) is 0.647. The van der Waals surface area contributed by atoms with E-state index in [0.29, 0.717) is 16.7 Å². The number of benzene rings is 2. The zero-order chi connectivity index (χ0) is 20.1. The van der Waals surface area contributed by atoms with Crippen molar-refractivity contribution in [3.05, 3.63) is 76.3 Å². The van der Waals surface area contributed by atoms with Crippen LogP contribution in [0.15, 0.2) is 63.8 Å². The fourth-order valence-electron chi connectivity index (χ4n) is 2.63. The maximum atomic E-state index is 13.0. The second-order valence-electron chi connectivity index (χ2n) is 6.09. The lowest BCUT2D eigenvalue weighted by molar-refractivity contribution is -0.151. The highest BCUT2D eigenvalue weighted by atomic mass is 19.4. The largest absolute Gasteiger partial charge is 0.438 e. The Morgan fingerprint density at radius 2 is 1.79 bits per heavy atom. The Balaban J connectivity index is 1.82. The van der Waals surface area contributed by atoms with Crippen molar-refractivity contribution in [3.63, 3.8) is 0 Å². The smallest absolute Gasteiger partial charge is 0.388 e. The first kappa shape index (κ1) is 19.4. The van der Waals surface area contributed by atoms with Crippen LogP contribution in [0.4, 0.5) is 13.2 Å². The monoisotopic (exact) mass is 388 g/mol. The summed E-state index contributed by atoms with van der Waals surface area (Å²) in [7, 11) is 0. The van der Waals surface area contributed by atoms with Gasteiger partial charge in [0, 0.05) is 12.1 Å². The summed E-state index contributed by atoms with van der Waals surface area (Å²) < 4.78 is 44.9. The summed E-state index contributed by atoms with van der Waals surface area (Å²) in [4.78, 5) is 13.1. The van der Waals surface area contributed by atoms with Crippen molar-refractivity contribution >= 4 is 0 Å². The van der Waals surface area contributed by atoms with E-state index in [1.54, 1.807) is 42.5 Å². The highest BCUT2D eigenvalue weighted by Crippen LogP contribution is 2.19. The van der Waals surface area contributed by atoms with E-state index < -0.39 is 25.1 Å². The lowest BCUT2D eigenvalue weighted by Gasteiger charge is -2.22. The lowest BCUT2D eigenvalue weighted by atomic mass is 10.1. The summed E-state index contributed by atoms with van der Waals surface area (Å²) in [6.45, 7) is -1.70. The van der Waals surface area contributed by atoms with E-state index in [9.17, 15) is 18.0 Å². The minimum absolute atomic E-state index is 0.0379. The van der Waals surface area contributed by atoms with Gasteiger partial charge < -0.3 is 4.42 Å². The molecular weight excluding hydrogens is 373 g/mol. The van der Waals surface area contributed by atoms with Gasteiger partial charge in [-0.05, 0) is 29.8 Å². The molecule has 0 N–H and O–H groups in total. The predicted molar refractivity (Wildman–Crippen MR) is 93.8 cm³/mol. The molecule has 28 heavy (non-hydrogen) atoms. The van der Waals surface area contributed by atoms with Crippen molar-refractivity contribution in [1.29, 1.82) is 5.26 Å². The Bertz CT molecular complexity index is 1020. The summed E-state index contributed by atoms with van der Waals surface area (Å²) >= 11 is 0. The number of alkyl halides is 3. The van der Waals surface area contributed by atoms with Crippen LogP contribution in [-0.2, 0) is 13.2 Å². The summed E-state index contributed by atoms with van der Waals surface area (Å²) in [5.41, 5.74) is 1.53. The normalized spacial score (nSPS) is 11.5. The second kappa shape index (κ2) is 8.10. The third kappa shape index (κ3) is 5.08. The van der Waals surface area contributed by atoms with E-state index in [0.717, 1.165) is 9.58 Å². The summed E-state index contributed by atoms with van der Waals surface area (Å²) in [5.74, 6) is -0.804. The fraction of sp³-hybridized carbons (Fsp3) is 0.211. The van der Waals surface area contributed by atoms with Crippen LogP contribution < -0.4 is 5.76 Å². The van der Waals surface area contributed by atoms with Gasteiger partial charge in [0.25, 0.3) is 0 Å². The molecule has 1 heterocycles. The molecule has 0 saturated heterocycles. The van der Waals surface area contributed by atoms with Crippen LogP contribution >= 0.6 is 0 Å². The van der Waals surface area contributed by atoms with Crippen LogP contribution in [0.25, 0.3) is 11.5 Å². The van der Waals surface area contributed by atoms with Crippen LogP contribution in [0.5, 0.6) is 0 Å². The van der Waals surface area contributed by atoms with Crippen LogP contribution in [0, 0.1) is 11.3 Å². The fourth-order valence-corrected chi connectivity index (χ4v) is 2.63. The third-order valence-electron chi connectivity index (χ3n) is 3.85. The molecule has 0 radical (unpaired) electrons. The molecular formula is C19H15F3N4O2. The van der Waals surface area contributed by atoms with Crippen molar-refractivity contribution in [2.75, 3.05) is 6.54 Å². The molecule has 0 aliphatic heterocycles. The lowest BCUT2D eigenvalue weighted by Crippen LogP contribution is -2.37. The number of hydrogen-bond donors (Lipinski definition) is 0. The minimum Gasteiger partial charge on any atom is -0.388 e.